The van der Waals surface area contributed by atoms with Crippen LogP contribution in [-0.4, -0.2) is 36.3 Å². The number of aromatic nitrogens is 4. The second kappa shape index (κ2) is 10.1. The Bertz CT molecular complexity index is 1370. The van der Waals surface area contributed by atoms with Gasteiger partial charge in [-0.1, -0.05) is 50.4 Å². The third-order valence-electron chi connectivity index (χ3n) is 7.98. The molecule has 0 amide bonds. The normalized spacial score (nSPS) is 20.9. The van der Waals surface area contributed by atoms with Crippen molar-refractivity contribution >= 4 is 23.3 Å². The quantitative estimate of drug-likeness (QED) is 0.362. The largest absolute Gasteiger partial charge is 0.512 e. The van der Waals surface area contributed by atoms with Crippen LogP contribution >= 0.6 is 11.6 Å². The summed E-state index contributed by atoms with van der Waals surface area (Å²) in [5.74, 6) is 1.14. The van der Waals surface area contributed by atoms with Crippen molar-refractivity contribution in [1.82, 2.24) is 19.6 Å². The molecule has 1 aromatic carbocycles. The van der Waals surface area contributed by atoms with E-state index < -0.39 is 11.6 Å². The number of carbonyl (C=O) groups excluding carboxylic acids is 1. The van der Waals surface area contributed by atoms with Gasteiger partial charge < -0.3 is 9.84 Å². The van der Waals surface area contributed by atoms with Crippen LogP contribution in [0.3, 0.4) is 0 Å². The zero-order valence-electron chi connectivity index (χ0n) is 22.1. The molecule has 8 heteroatoms. The lowest BCUT2D eigenvalue weighted by Crippen LogP contribution is -2.46. The Labute approximate surface area is 222 Å². The monoisotopic (exact) mass is 522 g/mol. The predicted octanol–water partition coefficient (Wildman–Crippen LogP) is 6.38. The van der Waals surface area contributed by atoms with Crippen molar-refractivity contribution in [2.24, 2.45) is 5.92 Å². The van der Waals surface area contributed by atoms with Gasteiger partial charge in [0.05, 0.1) is 5.57 Å². The summed E-state index contributed by atoms with van der Waals surface area (Å²) < 4.78 is 7.94. The van der Waals surface area contributed by atoms with E-state index in [0.29, 0.717) is 30.4 Å². The minimum absolute atomic E-state index is 0.0936. The zero-order valence-corrected chi connectivity index (χ0v) is 22.8. The number of aliphatic hydroxyl groups is 1. The molecule has 196 valence electrons. The summed E-state index contributed by atoms with van der Waals surface area (Å²) in [5, 5.41) is 16.5. The number of fused-ring (bicyclic) bond motifs is 1. The molecular formula is C29H35ClN4O3. The molecule has 3 aromatic rings. The smallest absolute Gasteiger partial charge is 0.338 e. The van der Waals surface area contributed by atoms with Crippen LogP contribution in [0.4, 0.5) is 0 Å². The van der Waals surface area contributed by atoms with Crippen molar-refractivity contribution < 1.29 is 14.6 Å². The van der Waals surface area contributed by atoms with Gasteiger partial charge in [-0.15, -0.1) is 5.10 Å². The summed E-state index contributed by atoms with van der Waals surface area (Å²) in [6.45, 7) is 8.10. The summed E-state index contributed by atoms with van der Waals surface area (Å²) >= 11 is 6.55. The van der Waals surface area contributed by atoms with E-state index in [-0.39, 0.29) is 23.7 Å². The standard InChI is InChI=1S/C29H35ClN4O3/c1-17(2)22-10-9-20(14-24(22)30)11-12-29(21-7-5-6-8-21)16-25(35)23(27(36)37-29)15-26-32-28-31-18(3)13-19(4)34(28)33-26/h9-10,13-14,17,21,35H,5-8,11-12,15-16H2,1-4H3. The zero-order chi connectivity index (χ0) is 26.3. The Hall–Kier alpha value is -2.93. The number of carbonyl (C=O) groups is 1. The molecular weight excluding hydrogens is 488 g/mol. The van der Waals surface area contributed by atoms with E-state index in [1.165, 1.54) is 0 Å². The van der Waals surface area contributed by atoms with Gasteiger partial charge in [0.25, 0.3) is 5.78 Å². The fraction of sp³-hybridized carbons (Fsp3) is 0.517. The number of hydrogen-bond acceptors (Lipinski definition) is 6. The molecule has 1 aliphatic carbocycles. The van der Waals surface area contributed by atoms with E-state index in [9.17, 15) is 9.90 Å². The molecule has 2 aliphatic rings. The van der Waals surface area contributed by atoms with E-state index >= 15 is 0 Å². The number of aliphatic hydroxyl groups excluding tert-OH is 1. The van der Waals surface area contributed by atoms with Crippen LogP contribution in [0.5, 0.6) is 0 Å². The highest BCUT2D eigenvalue weighted by Crippen LogP contribution is 2.46. The molecule has 1 saturated carbocycles. The molecule has 3 heterocycles. The van der Waals surface area contributed by atoms with Crippen molar-refractivity contribution in [1.29, 1.82) is 0 Å². The molecule has 1 atom stereocenters. The van der Waals surface area contributed by atoms with Gasteiger partial charge in [0.15, 0.2) is 5.82 Å². The first-order chi connectivity index (χ1) is 17.6. The van der Waals surface area contributed by atoms with Crippen LogP contribution < -0.4 is 0 Å². The second-order valence-corrected chi connectivity index (χ2v) is 11.4. The average Bonchev–Trinajstić information content (AvgIpc) is 3.51. The number of cyclic esters (lactones) is 1. The minimum Gasteiger partial charge on any atom is -0.512 e. The van der Waals surface area contributed by atoms with Gasteiger partial charge in [-0.3, -0.25) is 0 Å². The molecule has 0 spiro atoms. The molecule has 5 rings (SSSR count). The lowest BCUT2D eigenvalue weighted by atomic mass is 9.76. The third kappa shape index (κ3) is 5.11. The third-order valence-corrected chi connectivity index (χ3v) is 8.30. The Balaban J connectivity index is 1.39. The molecule has 37 heavy (non-hydrogen) atoms. The molecule has 1 N–H and O–H groups in total. The van der Waals surface area contributed by atoms with Gasteiger partial charge in [0.2, 0.25) is 0 Å². The van der Waals surface area contributed by atoms with Gasteiger partial charge >= 0.3 is 5.97 Å². The van der Waals surface area contributed by atoms with Gasteiger partial charge in [-0.05, 0) is 74.6 Å². The molecule has 0 radical (unpaired) electrons. The number of aryl methyl sites for hydroxylation is 3. The summed E-state index contributed by atoms with van der Waals surface area (Å²) in [5.41, 5.74) is 3.53. The van der Waals surface area contributed by atoms with Gasteiger partial charge in [-0.2, -0.15) is 4.98 Å². The highest BCUT2D eigenvalue weighted by atomic mass is 35.5. The van der Waals surface area contributed by atoms with Crippen LogP contribution in [-0.2, 0) is 22.4 Å². The maximum Gasteiger partial charge on any atom is 0.338 e. The van der Waals surface area contributed by atoms with Crippen LogP contribution in [0.25, 0.3) is 5.78 Å². The van der Waals surface area contributed by atoms with E-state index in [0.717, 1.165) is 59.6 Å². The number of esters is 1. The summed E-state index contributed by atoms with van der Waals surface area (Å²) in [6.07, 6.45) is 6.04. The Morgan fingerprint density at radius 2 is 1.95 bits per heavy atom. The van der Waals surface area contributed by atoms with E-state index in [2.05, 4.69) is 41.0 Å². The van der Waals surface area contributed by atoms with E-state index in [1.807, 2.05) is 26.0 Å². The lowest BCUT2D eigenvalue weighted by Gasteiger charge is -2.41. The first-order valence-electron chi connectivity index (χ1n) is 13.3. The second-order valence-electron chi connectivity index (χ2n) is 11.0. The minimum atomic E-state index is -0.716. The number of nitrogens with zero attached hydrogens (tertiary/aromatic N) is 4. The average molecular weight is 523 g/mol. The fourth-order valence-corrected chi connectivity index (χ4v) is 6.40. The molecule has 2 aromatic heterocycles. The molecule has 0 saturated heterocycles. The molecule has 0 bridgehead atoms. The van der Waals surface area contributed by atoms with Crippen molar-refractivity contribution in [2.45, 2.75) is 90.6 Å². The van der Waals surface area contributed by atoms with Crippen LogP contribution in [0, 0.1) is 19.8 Å². The van der Waals surface area contributed by atoms with Crippen molar-refractivity contribution in [3.63, 3.8) is 0 Å². The van der Waals surface area contributed by atoms with Gasteiger partial charge in [0.1, 0.15) is 11.4 Å². The van der Waals surface area contributed by atoms with Crippen LogP contribution in [0.1, 0.15) is 86.6 Å². The maximum atomic E-state index is 13.4. The van der Waals surface area contributed by atoms with Gasteiger partial charge in [-0.25, -0.2) is 14.3 Å². The molecule has 1 unspecified atom stereocenters. The van der Waals surface area contributed by atoms with E-state index in [1.54, 1.807) is 4.52 Å². The Morgan fingerprint density at radius 3 is 2.62 bits per heavy atom. The summed E-state index contributed by atoms with van der Waals surface area (Å²) in [7, 11) is 0. The lowest BCUT2D eigenvalue weighted by molar-refractivity contribution is -0.167. The van der Waals surface area contributed by atoms with Crippen molar-refractivity contribution in [3.05, 3.63) is 69.0 Å². The van der Waals surface area contributed by atoms with Crippen LogP contribution in [0.15, 0.2) is 35.6 Å². The van der Waals surface area contributed by atoms with Crippen molar-refractivity contribution in [2.75, 3.05) is 0 Å². The maximum absolute atomic E-state index is 13.4. The number of halogens is 1. The predicted molar refractivity (Wildman–Crippen MR) is 143 cm³/mol. The molecule has 1 aliphatic heterocycles. The van der Waals surface area contributed by atoms with E-state index in [4.69, 9.17) is 16.3 Å². The highest BCUT2D eigenvalue weighted by molar-refractivity contribution is 6.31. The summed E-state index contributed by atoms with van der Waals surface area (Å²) in [6, 6.07) is 8.16. The Morgan fingerprint density at radius 1 is 1.19 bits per heavy atom. The Kier molecular flexibility index (Phi) is 7.01. The topological polar surface area (TPSA) is 89.6 Å². The fourth-order valence-electron chi connectivity index (χ4n) is 5.98. The number of ether oxygens (including phenoxy) is 1. The van der Waals surface area contributed by atoms with Crippen LogP contribution in [0.2, 0.25) is 5.02 Å². The summed E-state index contributed by atoms with van der Waals surface area (Å²) in [4.78, 5) is 22.3. The first-order valence-corrected chi connectivity index (χ1v) is 13.7. The molecule has 1 fully saturated rings. The number of rotatable bonds is 7. The SMILES string of the molecule is Cc1cc(C)n2nc(CC3=C(O)CC(CCc4ccc(C(C)C)c(Cl)c4)(C4CCCC4)OC3=O)nc2n1. The van der Waals surface area contributed by atoms with Crippen molar-refractivity contribution in [3.8, 4) is 0 Å². The highest BCUT2D eigenvalue weighted by Gasteiger charge is 2.48. The number of hydrogen-bond donors (Lipinski definition) is 1. The molecule has 7 nitrogen and oxygen atoms in total. The first kappa shape index (κ1) is 25.7. The number of benzene rings is 1. The van der Waals surface area contributed by atoms with Gasteiger partial charge in [0, 0.05) is 29.3 Å².